The number of nitrogens with one attached hydrogen (secondary N) is 1. The van der Waals surface area contributed by atoms with Crippen LogP contribution in [-0.2, 0) is 13.1 Å². The molecule has 1 N–H and O–H groups in total. The summed E-state index contributed by atoms with van der Waals surface area (Å²) < 4.78 is 5.54. The predicted octanol–water partition coefficient (Wildman–Crippen LogP) is 1.94. The first-order valence-corrected chi connectivity index (χ1v) is 7.79. The zero-order valence-electron chi connectivity index (χ0n) is 14.0. The summed E-state index contributed by atoms with van der Waals surface area (Å²) in [7, 11) is 5.96. The van der Waals surface area contributed by atoms with E-state index in [1.54, 1.807) is 7.11 Å². The maximum atomic E-state index is 5.54. The van der Waals surface area contributed by atoms with Crippen LogP contribution in [0.4, 0.5) is 0 Å². The van der Waals surface area contributed by atoms with Crippen LogP contribution in [0.3, 0.4) is 0 Å². The molecule has 1 heterocycles. The van der Waals surface area contributed by atoms with Gasteiger partial charge in [-0.2, -0.15) is 0 Å². The number of nitrogens with zero attached hydrogens (tertiary/aromatic N) is 2. The van der Waals surface area contributed by atoms with Gasteiger partial charge >= 0.3 is 0 Å². The van der Waals surface area contributed by atoms with E-state index < -0.39 is 0 Å². The van der Waals surface area contributed by atoms with Gasteiger partial charge in [-0.3, -0.25) is 9.80 Å². The van der Waals surface area contributed by atoms with Crippen LogP contribution in [0.25, 0.3) is 0 Å². The SMILES string of the molecule is CNCc1ccc(OC)c(CN2CC(C)N(C)C(C)C2)c1. The highest BCUT2D eigenvalue weighted by molar-refractivity contribution is 5.37. The minimum absolute atomic E-state index is 0.597. The van der Waals surface area contributed by atoms with Crippen LogP contribution in [0.15, 0.2) is 18.2 Å². The van der Waals surface area contributed by atoms with Crippen molar-refractivity contribution < 1.29 is 4.74 Å². The van der Waals surface area contributed by atoms with Crippen LogP contribution >= 0.6 is 0 Å². The van der Waals surface area contributed by atoms with E-state index in [9.17, 15) is 0 Å². The summed E-state index contributed by atoms with van der Waals surface area (Å²) in [6.07, 6.45) is 0. The number of methoxy groups -OCH3 is 1. The van der Waals surface area contributed by atoms with E-state index in [-0.39, 0.29) is 0 Å². The quantitative estimate of drug-likeness (QED) is 0.897. The second-order valence-electron chi connectivity index (χ2n) is 6.23. The molecule has 1 aliphatic heterocycles. The van der Waals surface area contributed by atoms with Gasteiger partial charge in [0.25, 0.3) is 0 Å². The van der Waals surface area contributed by atoms with E-state index in [1.165, 1.54) is 11.1 Å². The molecule has 2 unspecified atom stereocenters. The van der Waals surface area contributed by atoms with Gasteiger partial charge in [0.15, 0.2) is 0 Å². The minimum atomic E-state index is 0.597. The number of ether oxygens (including phenoxy) is 1. The second kappa shape index (κ2) is 7.25. The predicted molar refractivity (Wildman–Crippen MR) is 87.7 cm³/mol. The van der Waals surface area contributed by atoms with Crippen molar-refractivity contribution in [1.29, 1.82) is 0 Å². The van der Waals surface area contributed by atoms with Gasteiger partial charge in [-0.1, -0.05) is 6.07 Å². The highest BCUT2D eigenvalue weighted by Gasteiger charge is 2.26. The van der Waals surface area contributed by atoms with E-state index in [4.69, 9.17) is 4.74 Å². The topological polar surface area (TPSA) is 27.7 Å². The zero-order chi connectivity index (χ0) is 15.4. The molecule has 0 aromatic heterocycles. The lowest BCUT2D eigenvalue weighted by Crippen LogP contribution is -2.54. The molecular formula is C17H29N3O. The highest BCUT2D eigenvalue weighted by atomic mass is 16.5. The Morgan fingerprint density at radius 1 is 1.24 bits per heavy atom. The lowest BCUT2D eigenvalue weighted by atomic mass is 10.1. The van der Waals surface area contributed by atoms with Crippen molar-refractivity contribution in [3.05, 3.63) is 29.3 Å². The molecule has 0 bridgehead atoms. The third-order valence-corrected chi connectivity index (χ3v) is 4.56. The summed E-state index contributed by atoms with van der Waals surface area (Å²) in [6, 6.07) is 7.68. The molecule has 1 saturated heterocycles. The molecular weight excluding hydrogens is 262 g/mol. The normalized spacial score (nSPS) is 24.2. The van der Waals surface area contributed by atoms with Gasteiger partial charge in [0.1, 0.15) is 5.75 Å². The van der Waals surface area contributed by atoms with Crippen molar-refractivity contribution in [3.8, 4) is 5.75 Å². The maximum absolute atomic E-state index is 5.54. The van der Waals surface area contributed by atoms with Crippen LogP contribution in [0.2, 0.25) is 0 Å². The smallest absolute Gasteiger partial charge is 0.123 e. The van der Waals surface area contributed by atoms with E-state index in [2.05, 4.69) is 54.2 Å². The molecule has 1 aromatic carbocycles. The van der Waals surface area contributed by atoms with Crippen molar-refractivity contribution in [2.45, 2.75) is 39.0 Å². The van der Waals surface area contributed by atoms with Crippen LogP contribution in [0.1, 0.15) is 25.0 Å². The van der Waals surface area contributed by atoms with Gasteiger partial charge in [0.05, 0.1) is 7.11 Å². The molecule has 0 spiro atoms. The van der Waals surface area contributed by atoms with E-state index in [1.807, 2.05) is 7.05 Å². The summed E-state index contributed by atoms with van der Waals surface area (Å²) in [5.74, 6) is 0.995. The van der Waals surface area contributed by atoms with E-state index in [0.29, 0.717) is 12.1 Å². The fraction of sp³-hybridized carbons (Fsp3) is 0.647. The molecule has 21 heavy (non-hydrogen) atoms. The average molecular weight is 291 g/mol. The van der Waals surface area contributed by atoms with Gasteiger partial charge < -0.3 is 10.1 Å². The molecule has 2 atom stereocenters. The molecule has 0 radical (unpaired) electrons. The summed E-state index contributed by atoms with van der Waals surface area (Å²) in [5, 5.41) is 3.21. The number of benzene rings is 1. The molecule has 1 aliphatic rings. The lowest BCUT2D eigenvalue weighted by Gasteiger charge is -2.42. The van der Waals surface area contributed by atoms with E-state index >= 15 is 0 Å². The van der Waals surface area contributed by atoms with Gasteiger partial charge in [0, 0.05) is 43.8 Å². The van der Waals surface area contributed by atoms with Crippen molar-refractivity contribution >= 4 is 0 Å². The van der Waals surface area contributed by atoms with Crippen LogP contribution in [0.5, 0.6) is 5.75 Å². The Morgan fingerprint density at radius 2 is 1.90 bits per heavy atom. The van der Waals surface area contributed by atoms with Crippen molar-refractivity contribution in [3.63, 3.8) is 0 Å². The molecule has 4 nitrogen and oxygen atoms in total. The Hall–Kier alpha value is -1.10. The second-order valence-corrected chi connectivity index (χ2v) is 6.23. The Morgan fingerprint density at radius 3 is 2.48 bits per heavy atom. The fourth-order valence-corrected chi connectivity index (χ4v) is 3.15. The Labute approximate surface area is 129 Å². The van der Waals surface area contributed by atoms with Crippen LogP contribution in [0, 0.1) is 0 Å². The zero-order valence-corrected chi connectivity index (χ0v) is 14.0. The fourth-order valence-electron chi connectivity index (χ4n) is 3.15. The number of rotatable bonds is 5. The van der Waals surface area contributed by atoms with Crippen LogP contribution in [-0.4, -0.2) is 56.2 Å². The summed E-state index contributed by atoms with van der Waals surface area (Å²) in [5.41, 5.74) is 2.60. The average Bonchev–Trinajstić information content (AvgIpc) is 2.45. The Kier molecular flexibility index (Phi) is 5.62. The van der Waals surface area contributed by atoms with Crippen molar-refractivity contribution in [2.24, 2.45) is 0 Å². The van der Waals surface area contributed by atoms with Gasteiger partial charge in [-0.05, 0) is 45.6 Å². The first kappa shape index (κ1) is 16.3. The van der Waals surface area contributed by atoms with Gasteiger partial charge in [-0.25, -0.2) is 0 Å². The number of likely N-dealkylation sites (N-methyl/N-ethyl adjacent to an activating group) is 1. The maximum Gasteiger partial charge on any atom is 0.123 e. The Bertz CT molecular complexity index is 451. The lowest BCUT2D eigenvalue weighted by molar-refractivity contribution is 0.0552. The molecule has 0 amide bonds. The minimum Gasteiger partial charge on any atom is -0.496 e. The molecule has 2 rings (SSSR count). The molecule has 4 heteroatoms. The summed E-state index contributed by atoms with van der Waals surface area (Å²) in [6.45, 7) is 8.69. The summed E-state index contributed by atoms with van der Waals surface area (Å²) in [4.78, 5) is 5.00. The standard InChI is InChI=1S/C17H29N3O/c1-13-10-20(11-14(2)19(13)4)12-16-8-15(9-18-3)6-7-17(16)21-5/h6-8,13-14,18H,9-12H2,1-5H3. The van der Waals surface area contributed by atoms with Gasteiger partial charge in [-0.15, -0.1) is 0 Å². The third kappa shape index (κ3) is 3.96. The van der Waals surface area contributed by atoms with Crippen molar-refractivity contribution in [1.82, 2.24) is 15.1 Å². The molecule has 0 aliphatic carbocycles. The van der Waals surface area contributed by atoms with Gasteiger partial charge in [0.2, 0.25) is 0 Å². The molecule has 1 fully saturated rings. The first-order chi connectivity index (χ1) is 10.0. The number of hydrogen-bond acceptors (Lipinski definition) is 4. The molecule has 1 aromatic rings. The first-order valence-electron chi connectivity index (χ1n) is 7.79. The third-order valence-electron chi connectivity index (χ3n) is 4.56. The number of hydrogen-bond donors (Lipinski definition) is 1. The number of piperazine rings is 1. The monoisotopic (exact) mass is 291 g/mol. The van der Waals surface area contributed by atoms with Crippen molar-refractivity contribution in [2.75, 3.05) is 34.3 Å². The molecule has 0 saturated carbocycles. The molecule has 118 valence electrons. The van der Waals surface area contributed by atoms with E-state index in [0.717, 1.165) is 31.9 Å². The van der Waals surface area contributed by atoms with Crippen LogP contribution < -0.4 is 10.1 Å². The Balaban J connectivity index is 2.12. The highest BCUT2D eigenvalue weighted by Crippen LogP contribution is 2.24. The summed E-state index contributed by atoms with van der Waals surface area (Å²) >= 11 is 0. The largest absolute Gasteiger partial charge is 0.496 e.